The zero-order valence-electron chi connectivity index (χ0n) is 13.3. The van der Waals surface area contributed by atoms with Crippen LogP contribution in [-0.4, -0.2) is 64.8 Å². The van der Waals surface area contributed by atoms with E-state index in [2.05, 4.69) is 80.5 Å². The summed E-state index contributed by atoms with van der Waals surface area (Å²) in [6, 6.07) is 0. The monoisotopic (exact) mass is 373 g/mol. The van der Waals surface area contributed by atoms with Crippen molar-refractivity contribution in [3.05, 3.63) is 24.8 Å². The molecule has 0 aromatic rings. The molecule has 0 radical (unpaired) electrons. The van der Waals surface area contributed by atoms with Crippen molar-refractivity contribution in [3.63, 3.8) is 0 Å². The van der Waals surface area contributed by atoms with Crippen LogP contribution < -0.4 is 0 Å². The minimum atomic E-state index is -1.38. The predicted octanol–water partition coefficient (Wildman–Crippen LogP) is 3.52. The lowest BCUT2D eigenvalue weighted by Crippen LogP contribution is -2.50. The van der Waals surface area contributed by atoms with E-state index in [1.165, 1.54) is 25.8 Å². The minimum absolute atomic E-state index is 0.481. The van der Waals surface area contributed by atoms with Crippen molar-refractivity contribution in [1.29, 1.82) is 0 Å². The first kappa shape index (κ1) is 15.5. The number of fused-ring (bicyclic) bond motifs is 2. The molecule has 21 heavy (non-hydrogen) atoms. The van der Waals surface area contributed by atoms with Gasteiger partial charge < -0.3 is 19.6 Å². The lowest BCUT2D eigenvalue weighted by atomic mass is 10.3. The predicted molar refractivity (Wildman–Crippen MR) is 95.0 cm³/mol. The van der Waals surface area contributed by atoms with Crippen LogP contribution in [0.15, 0.2) is 24.8 Å². The highest BCUT2D eigenvalue weighted by Crippen LogP contribution is 2.74. The topological polar surface area (TPSA) is 13.0 Å². The molecule has 0 amide bonds. The maximum atomic E-state index is 4.23. The van der Waals surface area contributed by atoms with Crippen LogP contribution in [-0.2, 0) is 0 Å². The molecular weight excluding hydrogens is 347 g/mol. The quantitative estimate of drug-likeness (QED) is 0.701. The van der Waals surface area contributed by atoms with Gasteiger partial charge in [-0.15, -0.1) is 0 Å². The molecule has 0 saturated carbocycles. The van der Waals surface area contributed by atoms with E-state index >= 15 is 0 Å². The van der Waals surface area contributed by atoms with Gasteiger partial charge >= 0.3 is 0 Å². The maximum absolute atomic E-state index is 4.23. The van der Waals surface area contributed by atoms with Crippen LogP contribution in [0.2, 0.25) is 0 Å². The van der Waals surface area contributed by atoms with Gasteiger partial charge in [0.1, 0.15) is 15.5 Å². The Balaban J connectivity index is 1.87. The first-order valence-corrected chi connectivity index (χ1v) is 12.4. The molecule has 4 nitrogen and oxygen atoms in total. The number of hydrogen-bond donors (Lipinski definition) is 0. The molecule has 3 rings (SSSR count). The van der Waals surface area contributed by atoms with Crippen molar-refractivity contribution < 1.29 is 0 Å². The van der Waals surface area contributed by atoms with Crippen LogP contribution >= 0.6 is 21.5 Å². The van der Waals surface area contributed by atoms with E-state index in [9.17, 15) is 0 Å². The van der Waals surface area contributed by atoms with Gasteiger partial charge in [0.2, 0.25) is 11.8 Å². The Morgan fingerprint density at radius 1 is 1.10 bits per heavy atom. The molecular formula is C15H27BrN4P+. The summed E-state index contributed by atoms with van der Waals surface area (Å²) in [5.74, 6) is -0.396. The third kappa shape index (κ3) is 2.68. The summed E-state index contributed by atoms with van der Waals surface area (Å²) in [7, 11) is 2.21. The van der Waals surface area contributed by atoms with E-state index in [1.807, 2.05) is 0 Å². The lowest BCUT2D eigenvalue weighted by molar-refractivity contribution is 0.177. The van der Waals surface area contributed by atoms with Gasteiger partial charge in [-0.1, -0.05) is 13.3 Å². The van der Waals surface area contributed by atoms with E-state index in [0.717, 1.165) is 13.1 Å². The van der Waals surface area contributed by atoms with Crippen molar-refractivity contribution in [2.75, 3.05) is 33.3 Å². The number of halogens is 1. The summed E-state index contributed by atoms with van der Waals surface area (Å²) >= 11 is 4.23. The molecule has 1 saturated heterocycles. The SMILES string of the molecule is CCCCN1C=CN2CCCN3C=CN(C)C3[P+](C)(Br)C12. The van der Waals surface area contributed by atoms with E-state index in [-0.39, 0.29) is 0 Å². The standard InChI is InChI=1S/C15H27BrN4P/c1-4-5-7-19-12-13-20-9-6-8-18-11-10-17(2)14(18)21(3,16)15(19)20/h10-15H,4-9H2,1-3H3/q+1. The highest BCUT2D eigenvalue weighted by Gasteiger charge is 2.58. The second-order valence-electron chi connectivity index (χ2n) is 6.40. The molecule has 6 heteroatoms. The third-order valence-electron chi connectivity index (χ3n) is 4.70. The fourth-order valence-corrected chi connectivity index (χ4v) is 10.1. The summed E-state index contributed by atoms with van der Waals surface area (Å²) in [6.07, 6.45) is 12.9. The lowest BCUT2D eigenvalue weighted by Gasteiger charge is -2.44. The Kier molecular flexibility index (Phi) is 4.42. The zero-order valence-corrected chi connectivity index (χ0v) is 15.8. The molecule has 3 unspecified atom stereocenters. The fraction of sp³-hybridized carbons (Fsp3) is 0.733. The van der Waals surface area contributed by atoms with Gasteiger partial charge in [-0.25, -0.2) is 0 Å². The summed E-state index contributed by atoms with van der Waals surface area (Å²) in [6.45, 7) is 8.21. The van der Waals surface area contributed by atoms with Crippen LogP contribution in [0.5, 0.6) is 0 Å². The fourth-order valence-electron chi connectivity index (χ4n) is 3.79. The van der Waals surface area contributed by atoms with E-state index in [0.29, 0.717) is 11.8 Å². The first-order valence-electron chi connectivity index (χ1n) is 7.97. The minimum Gasteiger partial charge on any atom is -0.327 e. The zero-order chi connectivity index (χ0) is 15.0. The average molecular weight is 374 g/mol. The van der Waals surface area contributed by atoms with Crippen molar-refractivity contribution in [3.8, 4) is 0 Å². The maximum Gasteiger partial charge on any atom is 0.229 e. The molecule has 0 aromatic carbocycles. The smallest absolute Gasteiger partial charge is 0.229 e. The molecule has 0 N–H and O–H groups in total. The molecule has 3 atom stereocenters. The Hall–Kier alpha value is -0.410. The van der Waals surface area contributed by atoms with E-state index in [1.54, 1.807) is 0 Å². The summed E-state index contributed by atoms with van der Waals surface area (Å²) in [4.78, 5) is 10.1. The van der Waals surface area contributed by atoms with Gasteiger partial charge in [-0.05, 0) is 12.8 Å². The third-order valence-corrected chi connectivity index (χ3v) is 9.96. The van der Waals surface area contributed by atoms with Crippen molar-refractivity contribution in [1.82, 2.24) is 19.6 Å². The van der Waals surface area contributed by atoms with E-state index < -0.39 is 5.96 Å². The van der Waals surface area contributed by atoms with Crippen LogP contribution in [0.4, 0.5) is 0 Å². The van der Waals surface area contributed by atoms with Gasteiger partial charge in [-0.2, -0.15) is 0 Å². The van der Waals surface area contributed by atoms with Gasteiger partial charge in [0, 0.05) is 51.5 Å². The summed E-state index contributed by atoms with van der Waals surface area (Å²) < 4.78 is 0. The normalized spacial score (nSPS) is 35.0. The van der Waals surface area contributed by atoms with Crippen molar-refractivity contribution >= 4 is 21.5 Å². The molecule has 0 aliphatic carbocycles. The average Bonchev–Trinajstić information content (AvgIpc) is 2.99. The Morgan fingerprint density at radius 3 is 2.48 bits per heavy atom. The highest BCUT2D eigenvalue weighted by molar-refractivity contribution is 9.42. The Bertz CT molecular complexity index is 439. The van der Waals surface area contributed by atoms with Gasteiger partial charge in [0.05, 0.1) is 6.66 Å². The second-order valence-corrected chi connectivity index (χ2v) is 14.0. The molecule has 1 fully saturated rings. The molecule has 0 aromatic heterocycles. The van der Waals surface area contributed by atoms with Crippen molar-refractivity contribution in [2.45, 2.75) is 38.0 Å². The van der Waals surface area contributed by atoms with Crippen LogP contribution in [0, 0.1) is 0 Å². The number of hydrogen-bond acceptors (Lipinski definition) is 4. The number of rotatable bonds is 3. The van der Waals surface area contributed by atoms with Crippen LogP contribution in [0.3, 0.4) is 0 Å². The number of nitrogens with zero attached hydrogens (tertiary/aromatic N) is 4. The van der Waals surface area contributed by atoms with Gasteiger partial charge in [0.25, 0.3) is 0 Å². The largest absolute Gasteiger partial charge is 0.327 e. The summed E-state index contributed by atoms with van der Waals surface area (Å²) in [5, 5.41) is 0. The first-order chi connectivity index (χ1) is 10.1. The molecule has 0 bridgehead atoms. The molecule has 0 spiro atoms. The molecule has 3 aliphatic rings. The molecule has 118 valence electrons. The molecule has 3 aliphatic heterocycles. The van der Waals surface area contributed by atoms with Crippen molar-refractivity contribution in [2.24, 2.45) is 0 Å². The van der Waals surface area contributed by atoms with Crippen LogP contribution in [0.25, 0.3) is 0 Å². The summed E-state index contributed by atoms with van der Waals surface area (Å²) in [5.41, 5.74) is 0. The van der Waals surface area contributed by atoms with Crippen LogP contribution in [0.1, 0.15) is 26.2 Å². The Labute approximate surface area is 137 Å². The molecule has 3 heterocycles. The Morgan fingerprint density at radius 2 is 1.76 bits per heavy atom. The van der Waals surface area contributed by atoms with E-state index in [4.69, 9.17) is 0 Å². The second kappa shape index (κ2) is 6.00. The highest BCUT2D eigenvalue weighted by atomic mass is 79.9. The van der Waals surface area contributed by atoms with Gasteiger partial charge in [0.15, 0.2) is 5.96 Å². The number of unbranched alkanes of at least 4 members (excludes halogenated alkanes) is 1. The van der Waals surface area contributed by atoms with Gasteiger partial charge in [-0.3, -0.25) is 0 Å².